The van der Waals surface area contributed by atoms with Gasteiger partial charge in [-0.05, 0) is 24.3 Å². The second-order valence-corrected chi connectivity index (χ2v) is 6.86. The number of nitrogens with one attached hydrogen (secondary N) is 1. The molecule has 0 aromatic heterocycles. The van der Waals surface area contributed by atoms with E-state index < -0.39 is 9.84 Å². The van der Waals surface area contributed by atoms with Crippen LogP contribution in [0.15, 0.2) is 24.3 Å². The number of ether oxygens (including phenoxy) is 1. The lowest BCUT2D eigenvalue weighted by molar-refractivity contribution is -0.122. The van der Waals surface area contributed by atoms with Crippen LogP contribution in [-0.4, -0.2) is 44.5 Å². The third-order valence-corrected chi connectivity index (χ3v) is 3.49. The number of hydrogen-bond donors (Lipinski definition) is 2. The fraction of sp³-hybridized carbons (Fsp3) is 0.333. The van der Waals surface area contributed by atoms with Gasteiger partial charge in [0.2, 0.25) is 0 Å². The van der Waals surface area contributed by atoms with Crippen molar-refractivity contribution in [1.82, 2.24) is 5.32 Å². The molecule has 0 heterocycles. The van der Waals surface area contributed by atoms with Gasteiger partial charge in [0.25, 0.3) is 5.91 Å². The zero-order valence-electron chi connectivity index (χ0n) is 11.0. The quantitative estimate of drug-likeness (QED) is 0.680. The molecule has 0 atom stereocenters. The lowest BCUT2D eigenvalue weighted by Gasteiger charge is -2.07. The molecular weight excluding hydrogens is 300 g/mol. The number of rotatable bonds is 7. The molecule has 0 aliphatic carbocycles. The Bertz CT molecular complexity index is 582. The Hall–Kier alpha value is -1.67. The van der Waals surface area contributed by atoms with Crippen molar-refractivity contribution in [3.8, 4) is 5.75 Å². The van der Waals surface area contributed by atoms with Gasteiger partial charge >= 0.3 is 0 Å². The molecule has 20 heavy (non-hydrogen) atoms. The number of nitrogens with two attached hydrogens (primary N) is 1. The number of carbonyl (C=O) groups excluding carboxylic acids is 1. The van der Waals surface area contributed by atoms with Gasteiger partial charge in [-0.2, -0.15) is 0 Å². The molecule has 1 amide bonds. The number of carbonyl (C=O) groups is 1. The maximum atomic E-state index is 11.4. The number of sulfone groups is 1. The molecule has 0 saturated carbocycles. The van der Waals surface area contributed by atoms with Crippen molar-refractivity contribution >= 4 is 33.0 Å². The number of benzene rings is 1. The van der Waals surface area contributed by atoms with Crippen molar-refractivity contribution in [3.63, 3.8) is 0 Å². The predicted molar refractivity (Wildman–Crippen MR) is 80.5 cm³/mol. The second kappa shape index (κ2) is 7.20. The van der Waals surface area contributed by atoms with E-state index in [1.165, 1.54) is 0 Å². The lowest BCUT2D eigenvalue weighted by atomic mass is 10.2. The van der Waals surface area contributed by atoms with Gasteiger partial charge in [0, 0.05) is 18.4 Å². The summed E-state index contributed by atoms with van der Waals surface area (Å²) in [6.45, 7) is -0.114. The minimum absolute atomic E-state index is 0.0708. The molecule has 0 unspecified atom stereocenters. The molecule has 0 saturated heterocycles. The van der Waals surface area contributed by atoms with E-state index in [0.29, 0.717) is 11.3 Å². The van der Waals surface area contributed by atoms with Gasteiger partial charge in [-0.15, -0.1) is 0 Å². The van der Waals surface area contributed by atoms with E-state index in [4.69, 9.17) is 22.7 Å². The molecule has 1 aromatic carbocycles. The zero-order chi connectivity index (χ0) is 15.2. The summed E-state index contributed by atoms with van der Waals surface area (Å²) in [6.07, 6.45) is 1.11. The van der Waals surface area contributed by atoms with E-state index in [1.54, 1.807) is 24.3 Å². The molecule has 8 heteroatoms. The molecule has 6 nitrogen and oxygen atoms in total. The van der Waals surface area contributed by atoms with Crippen LogP contribution in [0.3, 0.4) is 0 Å². The van der Waals surface area contributed by atoms with Crippen molar-refractivity contribution in [2.75, 3.05) is 25.2 Å². The van der Waals surface area contributed by atoms with Crippen molar-refractivity contribution in [3.05, 3.63) is 29.8 Å². The Morgan fingerprint density at radius 1 is 1.35 bits per heavy atom. The van der Waals surface area contributed by atoms with E-state index in [2.05, 4.69) is 5.32 Å². The van der Waals surface area contributed by atoms with Gasteiger partial charge in [0.15, 0.2) is 6.61 Å². The van der Waals surface area contributed by atoms with E-state index in [-0.39, 0.29) is 29.8 Å². The first-order valence-corrected chi connectivity index (χ1v) is 8.22. The largest absolute Gasteiger partial charge is 0.484 e. The van der Waals surface area contributed by atoms with Crippen molar-refractivity contribution in [1.29, 1.82) is 0 Å². The topological polar surface area (TPSA) is 98.5 Å². The van der Waals surface area contributed by atoms with Crippen molar-refractivity contribution < 1.29 is 17.9 Å². The number of thiocarbonyl (C=S) groups is 1. The van der Waals surface area contributed by atoms with Crippen molar-refractivity contribution in [2.45, 2.75) is 0 Å². The van der Waals surface area contributed by atoms with Crippen LogP contribution in [-0.2, 0) is 14.6 Å². The predicted octanol–water partition coefficient (Wildman–Crippen LogP) is -0.140. The first-order valence-electron chi connectivity index (χ1n) is 5.75. The third-order valence-electron chi connectivity index (χ3n) is 2.30. The summed E-state index contributed by atoms with van der Waals surface area (Å²) in [6, 6.07) is 6.69. The smallest absolute Gasteiger partial charge is 0.257 e. The molecule has 0 bridgehead atoms. The van der Waals surface area contributed by atoms with Crippen molar-refractivity contribution in [2.24, 2.45) is 5.73 Å². The zero-order valence-corrected chi connectivity index (χ0v) is 12.6. The van der Waals surface area contributed by atoms with Gasteiger partial charge in [-0.1, -0.05) is 12.2 Å². The van der Waals surface area contributed by atoms with Crippen LogP contribution in [0.4, 0.5) is 0 Å². The molecule has 3 N–H and O–H groups in total. The summed E-state index contributed by atoms with van der Waals surface area (Å²) in [5.41, 5.74) is 6.17. The molecule has 0 aliphatic rings. The van der Waals surface area contributed by atoms with Crippen LogP contribution in [0, 0.1) is 0 Å². The Morgan fingerprint density at radius 3 is 2.45 bits per heavy atom. The van der Waals surface area contributed by atoms with Gasteiger partial charge < -0.3 is 15.8 Å². The maximum absolute atomic E-state index is 11.4. The van der Waals surface area contributed by atoms with E-state index in [1.807, 2.05) is 0 Å². The maximum Gasteiger partial charge on any atom is 0.257 e. The van der Waals surface area contributed by atoms with Gasteiger partial charge in [-0.3, -0.25) is 4.79 Å². The van der Waals surface area contributed by atoms with Crippen LogP contribution in [0.25, 0.3) is 0 Å². The van der Waals surface area contributed by atoms with Gasteiger partial charge in [0.1, 0.15) is 20.6 Å². The highest BCUT2D eigenvalue weighted by atomic mass is 32.2. The summed E-state index contributed by atoms with van der Waals surface area (Å²) in [5.74, 6) is 0.0248. The van der Waals surface area contributed by atoms with E-state index in [9.17, 15) is 13.2 Å². The number of amides is 1. The molecule has 110 valence electrons. The molecular formula is C12H16N2O4S2. The van der Waals surface area contributed by atoms with Crippen LogP contribution < -0.4 is 15.8 Å². The Labute approximate surface area is 123 Å². The molecule has 0 spiro atoms. The SMILES string of the molecule is CS(=O)(=O)CCNC(=O)COc1ccc(C(N)=S)cc1. The first kappa shape index (κ1) is 16.4. The van der Waals surface area contributed by atoms with Gasteiger partial charge in [-0.25, -0.2) is 8.42 Å². The van der Waals surface area contributed by atoms with E-state index >= 15 is 0 Å². The normalized spacial score (nSPS) is 10.8. The fourth-order valence-electron chi connectivity index (χ4n) is 1.29. The van der Waals surface area contributed by atoms with Crippen LogP contribution in [0.5, 0.6) is 5.75 Å². The lowest BCUT2D eigenvalue weighted by Crippen LogP contribution is -2.32. The average Bonchev–Trinajstić information content (AvgIpc) is 2.35. The molecule has 1 aromatic rings. The van der Waals surface area contributed by atoms with Crippen LogP contribution in [0.2, 0.25) is 0 Å². The summed E-state index contributed by atoms with van der Waals surface area (Å²) in [7, 11) is -3.08. The Kier molecular flexibility index (Phi) is 5.90. The monoisotopic (exact) mass is 316 g/mol. The summed E-state index contributed by atoms with van der Waals surface area (Å²) < 4.78 is 27.0. The summed E-state index contributed by atoms with van der Waals surface area (Å²) in [4.78, 5) is 11.7. The van der Waals surface area contributed by atoms with Crippen LogP contribution in [0.1, 0.15) is 5.56 Å². The molecule has 0 radical (unpaired) electrons. The first-order chi connectivity index (χ1) is 9.28. The fourth-order valence-corrected chi connectivity index (χ4v) is 1.90. The minimum Gasteiger partial charge on any atom is -0.484 e. The number of hydrogen-bond acceptors (Lipinski definition) is 5. The Morgan fingerprint density at radius 2 is 1.95 bits per heavy atom. The standard InChI is InChI=1S/C12H16N2O4S2/c1-20(16,17)7-6-14-11(15)8-18-10-4-2-9(3-5-10)12(13)19/h2-5H,6-8H2,1H3,(H2,13,19)(H,14,15). The molecule has 1 rings (SSSR count). The highest BCUT2D eigenvalue weighted by Gasteiger charge is 2.06. The third kappa shape index (κ3) is 6.48. The molecule has 0 fully saturated rings. The summed E-state index contributed by atoms with van der Waals surface area (Å²) in [5, 5.41) is 2.46. The average molecular weight is 316 g/mol. The Balaban J connectivity index is 2.35. The highest BCUT2D eigenvalue weighted by molar-refractivity contribution is 7.90. The highest BCUT2D eigenvalue weighted by Crippen LogP contribution is 2.11. The van der Waals surface area contributed by atoms with Crippen LogP contribution >= 0.6 is 12.2 Å². The van der Waals surface area contributed by atoms with E-state index in [0.717, 1.165) is 6.26 Å². The minimum atomic E-state index is -3.08. The molecule has 0 aliphatic heterocycles. The van der Waals surface area contributed by atoms with Gasteiger partial charge in [0.05, 0.1) is 5.75 Å². The second-order valence-electron chi connectivity index (χ2n) is 4.16. The summed E-state index contributed by atoms with van der Waals surface area (Å²) >= 11 is 4.81.